The van der Waals surface area contributed by atoms with Crippen LogP contribution in [0.4, 0.5) is 0 Å². The Hall–Kier alpha value is -1.70. The van der Waals surface area contributed by atoms with Crippen LogP contribution >= 0.6 is 0 Å². The lowest BCUT2D eigenvalue weighted by atomic mass is 9.53. The molecule has 3 fully saturated rings. The molecule has 0 bridgehead atoms. The topological polar surface area (TPSA) is 84.9 Å². The van der Waals surface area contributed by atoms with Gasteiger partial charge in [-0.25, -0.2) is 4.79 Å². The molecule has 7 heteroatoms. The van der Waals surface area contributed by atoms with Gasteiger partial charge in [-0.1, -0.05) is 65.8 Å². The molecule has 10 atom stereocenters. The molecule has 0 radical (unpaired) electrons. The second-order valence-corrected chi connectivity index (χ2v) is 20.9. The van der Waals surface area contributed by atoms with Gasteiger partial charge in [-0.05, 0) is 111 Å². The Kier molecular flexibility index (Phi) is 8.96. The molecule has 4 aliphatic rings. The van der Waals surface area contributed by atoms with E-state index in [0.717, 1.165) is 24.8 Å². The number of ether oxygens (including phenoxy) is 1. The number of carbonyl (C=O) groups excluding carboxylic acids is 2. The number of nitrogens with one attached hydrogen (secondary N) is 1. The molecule has 0 aromatic carbocycles. The third-order valence-electron chi connectivity index (χ3n) is 12.1. The van der Waals surface area contributed by atoms with Crippen LogP contribution in [-0.2, 0) is 18.8 Å². The summed E-state index contributed by atoms with van der Waals surface area (Å²) >= 11 is 0. The number of amides is 1. The SMILES string of the molecule is C=C1C2CC3C(C(C)C)C(NC(=O)/C=C/C)CC3(C)CC2/C(C)=C\CC2C(C)OC(=O)C(O[Si](C)(C)C(C)(C)C)C12O. The smallest absolute Gasteiger partial charge is 0.337 e. The molecule has 3 aliphatic carbocycles. The first-order chi connectivity index (χ1) is 19.3. The molecule has 0 aromatic rings. The summed E-state index contributed by atoms with van der Waals surface area (Å²) in [6.45, 7) is 28.3. The van der Waals surface area contributed by atoms with Gasteiger partial charge >= 0.3 is 5.97 Å². The van der Waals surface area contributed by atoms with Crippen molar-refractivity contribution < 1.29 is 23.9 Å². The van der Waals surface area contributed by atoms with Crippen molar-refractivity contribution in [3.8, 4) is 0 Å². The van der Waals surface area contributed by atoms with Gasteiger partial charge in [0.2, 0.25) is 5.91 Å². The summed E-state index contributed by atoms with van der Waals surface area (Å²) in [4.78, 5) is 26.3. The highest BCUT2D eigenvalue weighted by Crippen LogP contribution is 2.63. The van der Waals surface area contributed by atoms with E-state index in [1.807, 2.05) is 13.8 Å². The molecule has 10 unspecified atom stereocenters. The Bertz CT molecular complexity index is 1150. The van der Waals surface area contributed by atoms with E-state index in [1.165, 1.54) is 5.57 Å². The van der Waals surface area contributed by atoms with E-state index in [9.17, 15) is 14.7 Å². The minimum absolute atomic E-state index is 0.00183. The summed E-state index contributed by atoms with van der Waals surface area (Å²) in [6.07, 6.45) is 7.53. The third kappa shape index (κ3) is 5.51. The van der Waals surface area contributed by atoms with Crippen LogP contribution in [0, 0.1) is 40.9 Å². The zero-order valence-corrected chi connectivity index (χ0v) is 29.0. The fraction of sp³-hybridized carbons (Fsp3) is 0.771. The van der Waals surface area contributed by atoms with Crippen LogP contribution in [-0.4, -0.2) is 49.2 Å². The first-order valence-corrected chi connectivity index (χ1v) is 19.1. The van der Waals surface area contributed by atoms with Crippen LogP contribution in [0.15, 0.2) is 36.0 Å². The highest BCUT2D eigenvalue weighted by molar-refractivity contribution is 6.74. The predicted molar refractivity (Wildman–Crippen MR) is 171 cm³/mol. The lowest BCUT2D eigenvalue weighted by Crippen LogP contribution is -2.67. The zero-order chi connectivity index (χ0) is 31.6. The molecule has 0 spiro atoms. The zero-order valence-electron chi connectivity index (χ0n) is 28.0. The van der Waals surface area contributed by atoms with Gasteiger partial charge < -0.3 is 19.6 Å². The van der Waals surface area contributed by atoms with Crippen LogP contribution < -0.4 is 5.32 Å². The van der Waals surface area contributed by atoms with E-state index in [0.29, 0.717) is 24.2 Å². The number of rotatable bonds is 5. The number of aliphatic hydroxyl groups is 1. The second kappa shape index (κ2) is 11.3. The molecule has 1 heterocycles. The van der Waals surface area contributed by atoms with Crippen molar-refractivity contribution in [2.45, 2.75) is 130 Å². The molecular weight excluding hydrogens is 542 g/mol. The summed E-state index contributed by atoms with van der Waals surface area (Å²) in [5.41, 5.74) is 0.597. The predicted octanol–water partition coefficient (Wildman–Crippen LogP) is 6.96. The molecule has 42 heavy (non-hydrogen) atoms. The number of fused-ring (bicyclic) bond motifs is 3. The number of carbonyl (C=O) groups is 2. The minimum Gasteiger partial charge on any atom is -0.460 e. The van der Waals surface area contributed by atoms with Crippen molar-refractivity contribution in [1.29, 1.82) is 0 Å². The van der Waals surface area contributed by atoms with Gasteiger partial charge in [-0.3, -0.25) is 4.79 Å². The average Bonchev–Trinajstić information content (AvgIpc) is 3.14. The summed E-state index contributed by atoms with van der Waals surface area (Å²) in [5, 5.41) is 16.1. The Labute approximate surface area is 255 Å². The monoisotopic (exact) mass is 599 g/mol. The summed E-state index contributed by atoms with van der Waals surface area (Å²) in [5.74, 6) is 0.432. The quantitative estimate of drug-likeness (QED) is 0.154. The standard InChI is InChI=1S/C35H57NO5Si/c1-13-14-29(37)36-28-19-34(10)18-25-21(4)15-16-26-23(6)40-32(38)31(41-42(11,12)33(7,8)9)35(26,39)22(5)24(25)17-27(34)30(28)20(2)3/h13-15,20,23-28,30-31,39H,5,16-19H2,1-4,6-12H3,(H,36,37)/b14-13+,21-15-. The molecule has 0 aromatic heterocycles. The average molecular weight is 600 g/mol. The van der Waals surface area contributed by atoms with Gasteiger partial charge in [-0.2, -0.15) is 0 Å². The number of hydrogen-bond acceptors (Lipinski definition) is 5. The molecule has 1 amide bonds. The molecule has 6 nitrogen and oxygen atoms in total. The lowest BCUT2D eigenvalue weighted by molar-refractivity contribution is -0.206. The maximum atomic E-state index is 13.6. The van der Waals surface area contributed by atoms with E-state index in [-0.39, 0.29) is 40.2 Å². The molecule has 2 saturated carbocycles. The fourth-order valence-corrected chi connectivity index (χ4v) is 10.0. The summed E-state index contributed by atoms with van der Waals surface area (Å²) < 4.78 is 12.7. The Morgan fingerprint density at radius 1 is 1.24 bits per heavy atom. The van der Waals surface area contributed by atoms with Crippen molar-refractivity contribution >= 4 is 20.2 Å². The molecule has 2 N–H and O–H groups in total. The Balaban J connectivity index is 1.78. The van der Waals surface area contributed by atoms with Gasteiger partial charge in [0.15, 0.2) is 14.4 Å². The number of esters is 1. The largest absolute Gasteiger partial charge is 0.460 e. The number of cyclic esters (lactones) is 1. The van der Waals surface area contributed by atoms with Crippen LogP contribution in [0.5, 0.6) is 0 Å². The summed E-state index contributed by atoms with van der Waals surface area (Å²) in [6, 6.07) is 0.0981. The van der Waals surface area contributed by atoms with Crippen molar-refractivity contribution in [3.05, 3.63) is 36.0 Å². The lowest BCUT2D eigenvalue weighted by Gasteiger charge is -2.56. The molecule has 1 aliphatic heterocycles. The van der Waals surface area contributed by atoms with Crippen molar-refractivity contribution in [2.75, 3.05) is 0 Å². The molecular formula is C35H57NO5Si. The van der Waals surface area contributed by atoms with E-state index < -0.39 is 32.1 Å². The van der Waals surface area contributed by atoms with E-state index in [1.54, 1.807) is 12.2 Å². The van der Waals surface area contributed by atoms with Crippen LogP contribution in [0.25, 0.3) is 0 Å². The van der Waals surface area contributed by atoms with E-state index in [2.05, 4.69) is 79.5 Å². The maximum Gasteiger partial charge on any atom is 0.337 e. The van der Waals surface area contributed by atoms with Crippen LogP contribution in [0.1, 0.15) is 88.0 Å². The van der Waals surface area contributed by atoms with Gasteiger partial charge in [0.05, 0.1) is 0 Å². The normalized spacial score (nSPS) is 42.2. The van der Waals surface area contributed by atoms with Gasteiger partial charge in [-0.15, -0.1) is 0 Å². The first kappa shape index (κ1) is 33.2. The van der Waals surface area contributed by atoms with Crippen molar-refractivity contribution in [2.24, 2.45) is 40.9 Å². The first-order valence-electron chi connectivity index (χ1n) is 16.2. The Morgan fingerprint density at radius 3 is 2.45 bits per heavy atom. The molecule has 236 valence electrons. The molecule has 4 rings (SSSR count). The summed E-state index contributed by atoms with van der Waals surface area (Å²) in [7, 11) is -2.45. The number of allylic oxidation sites excluding steroid dienone is 3. The van der Waals surface area contributed by atoms with Gasteiger partial charge in [0.25, 0.3) is 0 Å². The highest BCUT2D eigenvalue weighted by Gasteiger charge is 2.64. The van der Waals surface area contributed by atoms with Gasteiger partial charge in [0, 0.05) is 12.0 Å². The second-order valence-electron chi connectivity index (χ2n) is 16.1. The fourth-order valence-electron chi connectivity index (χ4n) is 8.82. The molecule has 1 saturated heterocycles. The number of hydrogen-bond donors (Lipinski definition) is 2. The highest BCUT2D eigenvalue weighted by atomic mass is 28.4. The van der Waals surface area contributed by atoms with Gasteiger partial charge in [0.1, 0.15) is 11.7 Å². The third-order valence-corrected chi connectivity index (χ3v) is 16.6. The Morgan fingerprint density at radius 2 is 1.88 bits per heavy atom. The van der Waals surface area contributed by atoms with E-state index in [4.69, 9.17) is 9.16 Å². The van der Waals surface area contributed by atoms with E-state index >= 15 is 0 Å². The van der Waals surface area contributed by atoms with Crippen LogP contribution in [0.2, 0.25) is 18.1 Å². The maximum absolute atomic E-state index is 13.6. The van der Waals surface area contributed by atoms with Crippen molar-refractivity contribution in [3.63, 3.8) is 0 Å². The van der Waals surface area contributed by atoms with Crippen LogP contribution in [0.3, 0.4) is 0 Å². The van der Waals surface area contributed by atoms with Crippen molar-refractivity contribution in [1.82, 2.24) is 5.32 Å². The minimum atomic E-state index is -2.45.